The third-order valence-corrected chi connectivity index (χ3v) is 4.06. The first kappa shape index (κ1) is 10.6. The predicted molar refractivity (Wildman–Crippen MR) is 67.5 cm³/mol. The molecular formula is C12H9BrOS. The highest BCUT2D eigenvalue weighted by atomic mass is 79.9. The van der Waals surface area contributed by atoms with Gasteiger partial charge >= 0.3 is 0 Å². The predicted octanol–water partition coefficient (Wildman–Crippen LogP) is 4.38. The van der Waals surface area contributed by atoms with Gasteiger partial charge in [-0.3, -0.25) is 4.79 Å². The molecule has 0 atom stereocenters. The number of carbonyl (C=O) groups is 1. The lowest BCUT2D eigenvalue weighted by Crippen LogP contribution is -1.90. The van der Waals surface area contributed by atoms with E-state index in [1.54, 1.807) is 18.3 Å². The summed E-state index contributed by atoms with van der Waals surface area (Å²) in [4.78, 5) is 12.3. The third-order valence-electron chi connectivity index (χ3n) is 2.17. The molecule has 2 aromatic rings. The normalized spacial score (nSPS) is 10.3. The average Bonchev–Trinajstić information content (AvgIpc) is 2.65. The zero-order valence-corrected chi connectivity index (χ0v) is 10.6. The van der Waals surface area contributed by atoms with Crippen LogP contribution in [0, 0.1) is 0 Å². The van der Waals surface area contributed by atoms with E-state index in [-0.39, 0.29) is 5.78 Å². The standard InChI is InChI=1S/C12H9BrOS/c1-8(14)9-2-4-10(5-3-9)12-11(13)6-7-15-12/h2-7H,1H3. The fourth-order valence-corrected chi connectivity index (χ4v) is 2.97. The molecule has 0 saturated heterocycles. The Morgan fingerprint density at radius 3 is 2.33 bits per heavy atom. The van der Waals surface area contributed by atoms with Crippen molar-refractivity contribution >= 4 is 33.0 Å². The Balaban J connectivity index is 2.40. The Hall–Kier alpha value is -0.930. The molecule has 1 aromatic heterocycles. The number of rotatable bonds is 2. The van der Waals surface area contributed by atoms with Gasteiger partial charge in [0.2, 0.25) is 0 Å². The lowest BCUT2D eigenvalue weighted by molar-refractivity contribution is 0.101. The molecule has 1 aromatic carbocycles. The van der Waals surface area contributed by atoms with Gasteiger partial charge in [-0.15, -0.1) is 11.3 Å². The van der Waals surface area contributed by atoms with Crippen LogP contribution in [0.4, 0.5) is 0 Å². The van der Waals surface area contributed by atoms with E-state index >= 15 is 0 Å². The molecule has 0 radical (unpaired) electrons. The zero-order chi connectivity index (χ0) is 10.8. The molecule has 0 bridgehead atoms. The summed E-state index contributed by atoms with van der Waals surface area (Å²) in [7, 11) is 0. The van der Waals surface area contributed by atoms with E-state index in [1.807, 2.05) is 35.7 Å². The lowest BCUT2D eigenvalue weighted by atomic mass is 10.1. The second-order valence-corrected chi connectivity index (χ2v) is 5.00. The van der Waals surface area contributed by atoms with Crippen molar-refractivity contribution in [3.63, 3.8) is 0 Å². The first-order valence-corrected chi connectivity index (χ1v) is 6.20. The van der Waals surface area contributed by atoms with Crippen LogP contribution in [0.3, 0.4) is 0 Å². The minimum atomic E-state index is 0.104. The molecule has 0 spiro atoms. The third kappa shape index (κ3) is 2.19. The summed E-state index contributed by atoms with van der Waals surface area (Å²) in [6, 6.07) is 9.72. The summed E-state index contributed by atoms with van der Waals surface area (Å²) in [5, 5.41) is 2.04. The second-order valence-electron chi connectivity index (χ2n) is 3.23. The van der Waals surface area contributed by atoms with Crippen LogP contribution in [0.1, 0.15) is 17.3 Å². The maximum absolute atomic E-state index is 11.1. The summed E-state index contributed by atoms with van der Waals surface area (Å²) in [5.41, 5.74) is 1.90. The smallest absolute Gasteiger partial charge is 0.159 e. The molecular weight excluding hydrogens is 272 g/mol. The Morgan fingerprint density at radius 2 is 1.87 bits per heavy atom. The summed E-state index contributed by atoms with van der Waals surface area (Å²) in [5.74, 6) is 0.104. The van der Waals surface area contributed by atoms with Gasteiger partial charge in [0, 0.05) is 14.9 Å². The minimum Gasteiger partial charge on any atom is -0.295 e. The highest BCUT2D eigenvalue weighted by molar-refractivity contribution is 9.10. The van der Waals surface area contributed by atoms with Crippen LogP contribution in [0.15, 0.2) is 40.2 Å². The number of carbonyl (C=O) groups excluding carboxylic acids is 1. The Kier molecular flexibility index (Phi) is 3.03. The van der Waals surface area contributed by atoms with Crippen molar-refractivity contribution in [1.82, 2.24) is 0 Å². The van der Waals surface area contributed by atoms with Crippen molar-refractivity contribution in [2.45, 2.75) is 6.92 Å². The molecule has 0 fully saturated rings. The number of ketones is 1. The van der Waals surface area contributed by atoms with E-state index < -0.39 is 0 Å². The van der Waals surface area contributed by atoms with E-state index in [4.69, 9.17) is 0 Å². The van der Waals surface area contributed by atoms with Crippen LogP contribution in [0.25, 0.3) is 10.4 Å². The van der Waals surface area contributed by atoms with Crippen LogP contribution < -0.4 is 0 Å². The SMILES string of the molecule is CC(=O)c1ccc(-c2sccc2Br)cc1. The monoisotopic (exact) mass is 280 g/mol. The molecule has 1 heterocycles. The van der Waals surface area contributed by atoms with Crippen molar-refractivity contribution < 1.29 is 4.79 Å². The van der Waals surface area contributed by atoms with Crippen molar-refractivity contribution in [1.29, 1.82) is 0 Å². The van der Waals surface area contributed by atoms with Gasteiger partial charge in [-0.05, 0) is 39.9 Å². The number of halogens is 1. The largest absolute Gasteiger partial charge is 0.295 e. The zero-order valence-electron chi connectivity index (χ0n) is 8.16. The molecule has 2 rings (SSSR count). The van der Waals surface area contributed by atoms with Gasteiger partial charge in [-0.25, -0.2) is 0 Å². The van der Waals surface area contributed by atoms with Crippen molar-refractivity contribution in [2.75, 3.05) is 0 Å². The molecule has 1 nitrogen and oxygen atoms in total. The van der Waals surface area contributed by atoms with Gasteiger partial charge in [0.1, 0.15) is 0 Å². The number of hydrogen-bond donors (Lipinski definition) is 0. The summed E-state index contributed by atoms with van der Waals surface area (Å²) >= 11 is 5.18. The lowest BCUT2D eigenvalue weighted by Gasteiger charge is -2.00. The molecule has 0 aliphatic heterocycles. The van der Waals surface area contributed by atoms with E-state index in [1.165, 1.54) is 4.88 Å². The molecule has 0 N–H and O–H groups in total. The van der Waals surface area contributed by atoms with Crippen LogP contribution in [0.2, 0.25) is 0 Å². The first-order chi connectivity index (χ1) is 7.18. The van der Waals surface area contributed by atoms with Crippen LogP contribution >= 0.6 is 27.3 Å². The average molecular weight is 281 g/mol. The molecule has 0 aliphatic rings. The second kappa shape index (κ2) is 4.29. The number of thiophene rings is 1. The van der Waals surface area contributed by atoms with Crippen molar-refractivity contribution in [2.24, 2.45) is 0 Å². The fraction of sp³-hybridized carbons (Fsp3) is 0.0833. The Labute approximate surface area is 101 Å². The topological polar surface area (TPSA) is 17.1 Å². The number of benzene rings is 1. The van der Waals surface area contributed by atoms with E-state index in [2.05, 4.69) is 15.9 Å². The van der Waals surface area contributed by atoms with E-state index in [0.29, 0.717) is 0 Å². The van der Waals surface area contributed by atoms with Gasteiger partial charge in [0.25, 0.3) is 0 Å². The molecule has 76 valence electrons. The van der Waals surface area contributed by atoms with Crippen molar-refractivity contribution in [3.05, 3.63) is 45.7 Å². The number of Topliss-reactive ketones (excluding diaryl/α,β-unsaturated/α-hetero) is 1. The molecule has 0 unspecified atom stereocenters. The van der Waals surface area contributed by atoms with Gasteiger partial charge < -0.3 is 0 Å². The molecule has 15 heavy (non-hydrogen) atoms. The first-order valence-electron chi connectivity index (χ1n) is 4.53. The van der Waals surface area contributed by atoms with Gasteiger partial charge in [-0.1, -0.05) is 24.3 Å². The van der Waals surface area contributed by atoms with Gasteiger partial charge in [0.15, 0.2) is 5.78 Å². The van der Waals surface area contributed by atoms with Crippen LogP contribution in [-0.4, -0.2) is 5.78 Å². The molecule has 3 heteroatoms. The highest BCUT2D eigenvalue weighted by Gasteiger charge is 2.05. The summed E-state index contributed by atoms with van der Waals surface area (Å²) < 4.78 is 1.10. The minimum absolute atomic E-state index is 0.104. The highest BCUT2D eigenvalue weighted by Crippen LogP contribution is 2.33. The maximum atomic E-state index is 11.1. The summed E-state index contributed by atoms with van der Waals surface area (Å²) in [6.07, 6.45) is 0. The molecule has 0 saturated carbocycles. The van der Waals surface area contributed by atoms with Crippen LogP contribution in [-0.2, 0) is 0 Å². The quantitative estimate of drug-likeness (QED) is 0.746. The summed E-state index contributed by atoms with van der Waals surface area (Å²) in [6.45, 7) is 1.58. The van der Waals surface area contributed by atoms with Gasteiger partial charge in [-0.2, -0.15) is 0 Å². The number of hydrogen-bond acceptors (Lipinski definition) is 2. The fourth-order valence-electron chi connectivity index (χ4n) is 1.36. The van der Waals surface area contributed by atoms with Gasteiger partial charge in [0.05, 0.1) is 0 Å². The molecule has 0 amide bonds. The Morgan fingerprint density at radius 1 is 1.20 bits per heavy atom. The Bertz CT molecular complexity index is 485. The maximum Gasteiger partial charge on any atom is 0.159 e. The van der Waals surface area contributed by atoms with Crippen LogP contribution in [0.5, 0.6) is 0 Å². The van der Waals surface area contributed by atoms with Crippen molar-refractivity contribution in [3.8, 4) is 10.4 Å². The van der Waals surface area contributed by atoms with E-state index in [0.717, 1.165) is 15.6 Å². The molecule has 0 aliphatic carbocycles. The van der Waals surface area contributed by atoms with E-state index in [9.17, 15) is 4.79 Å².